The highest BCUT2D eigenvalue weighted by Gasteiger charge is 2.31. The van der Waals surface area contributed by atoms with Gasteiger partial charge in [0.1, 0.15) is 0 Å². The van der Waals surface area contributed by atoms with Gasteiger partial charge in [-0.15, -0.1) is 0 Å². The molecular weight excluding hydrogens is 306 g/mol. The predicted octanol–water partition coefficient (Wildman–Crippen LogP) is 4.04. The van der Waals surface area contributed by atoms with Crippen LogP contribution < -0.4 is 4.31 Å². The maximum Gasteiger partial charge on any atom is 0.264 e. The Morgan fingerprint density at radius 1 is 1.00 bits per heavy atom. The molecule has 0 saturated heterocycles. The minimum absolute atomic E-state index is 0.0677. The van der Waals surface area contributed by atoms with Gasteiger partial charge in [0.05, 0.1) is 10.6 Å². The molecule has 0 radical (unpaired) electrons. The molecule has 1 aliphatic heterocycles. The van der Waals surface area contributed by atoms with Crippen molar-refractivity contribution in [1.29, 1.82) is 0 Å². The molecule has 0 saturated carbocycles. The molecule has 0 spiro atoms. The molecular formula is C19H23NO2S. The first-order valence-corrected chi connectivity index (χ1v) is 9.36. The number of nitrogens with zero attached hydrogens (tertiary/aromatic N) is 1. The lowest BCUT2D eigenvalue weighted by atomic mass is 9.86. The SMILES string of the molecule is Cc1ccc(S(=O)(=O)N2CCc3cc(C(C)(C)C)ccc32)cc1. The molecule has 2 aromatic rings. The second-order valence-corrected chi connectivity index (χ2v) is 9.10. The standard InChI is InChI=1S/C19H23NO2S/c1-14-5-8-17(9-6-14)23(21,22)20-12-11-15-13-16(19(2,3)4)7-10-18(15)20/h5-10,13H,11-12H2,1-4H3. The van der Waals surface area contributed by atoms with Gasteiger partial charge in [0, 0.05) is 6.54 Å². The van der Waals surface area contributed by atoms with E-state index in [2.05, 4.69) is 26.8 Å². The summed E-state index contributed by atoms with van der Waals surface area (Å²) in [5.74, 6) is 0. The third-order valence-corrected chi connectivity index (χ3v) is 6.23. The van der Waals surface area contributed by atoms with Crippen molar-refractivity contribution in [3.63, 3.8) is 0 Å². The fourth-order valence-electron chi connectivity index (χ4n) is 2.93. The van der Waals surface area contributed by atoms with E-state index in [1.54, 1.807) is 16.4 Å². The van der Waals surface area contributed by atoms with Crippen LogP contribution >= 0.6 is 0 Å². The molecule has 3 rings (SSSR count). The molecule has 0 bridgehead atoms. The first-order chi connectivity index (χ1) is 10.7. The topological polar surface area (TPSA) is 37.4 Å². The minimum atomic E-state index is -3.48. The fraction of sp³-hybridized carbons (Fsp3) is 0.368. The molecule has 1 aliphatic rings. The summed E-state index contributed by atoms with van der Waals surface area (Å²) in [6.07, 6.45) is 0.768. The first-order valence-electron chi connectivity index (χ1n) is 7.92. The second kappa shape index (κ2) is 5.38. The third-order valence-electron chi connectivity index (χ3n) is 4.41. The van der Waals surface area contributed by atoms with Gasteiger partial charge in [-0.3, -0.25) is 4.31 Å². The molecule has 3 nitrogen and oxygen atoms in total. The van der Waals surface area contributed by atoms with E-state index in [1.165, 1.54) is 5.56 Å². The number of sulfonamides is 1. The lowest BCUT2D eigenvalue weighted by Crippen LogP contribution is -2.29. The van der Waals surface area contributed by atoms with Crippen LogP contribution in [0.25, 0.3) is 0 Å². The van der Waals surface area contributed by atoms with Gasteiger partial charge in [-0.25, -0.2) is 8.42 Å². The van der Waals surface area contributed by atoms with Crippen molar-refractivity contribution in [1.82, 2.24) is 0 Å². The Balaban J connectivity index is 2.01. The van der Waals surface area contributed by atoms with Crippen molar-refractivity contribution in [2.24, 2.45) is 0 Å². The zero-order chi connectivity index (χ0) is 16.8. The Morgan fingerprint density at radius 3 is 2.26 bits per heavy atom. The van der Waals surface area contributed by atoms with E-state index in [0.717, 1.165) is 23.2 Å². The van der Waals surface area contributed by atoms with E-state index >= 15 is 0 Å². The van der Waals surface area contributed by atoms with E-state index < -0.39 is 10.0 Å². The summed E-state index contributed by atoms with van der Waals surface area (Å²) >= 11 is 0. The lowest BCUT2D eigenvalue weighted by molar-refractivity contribution is 0.590. The van der Waals surface area contributed by atoms with Crippen molar-refractivity contribution in [2.75, 3.05) is 10.8 Å². The van der Waals surface area contributed by atoms with Crippen LogP contribution in [0.5, 0.6) is 0 Å². The summed E-state index contributed by atoms with van der Waals surface area (Å²) < 4.78 is 27.4. The number of hydrogen-bond donors (Lipinski definition) is 0. The van der Waals surface area contributed by atoms with Crippen molar-refractivity contribution in [3.8, 4) is 0 Å². The van der Waals surface area contributed by atoms with Crippen LogP contribution in [0, 0.1) is 6.92 Å². The average Bonchev–Trinajstić information content (AvgIpc) is 2.90. The van der Waals surface area contributed by atoms with Crippen LogP contribution in [0.3, 0.4) is 0 Å². The number of fused-ring (bicyclic) bond motifs is 1. The normalized spacial score (nSPS) is 14.9. The highest BCUT2D eigenvalue weighted by Crippen LogP contribution is 2.36. The van der Waals surface area contributed by atoms with Crippen molar-refractivity contribution in [3.05, 3.63) is 59.2 Å². The third kappa shape index (κ3) is 2.88. The fourth-order valence-corrected chi connectivity index (χ4v) is 4.43. The van der Waals surface area contributed by atoms with E-state index in [-0.39, 0.29) is 5.41 Å². The predicted molar refractivity (Wildman–Crippen MR) is 94.6 cm³/mol. The Morgan fingerprint density at radius 2 is 1.65 bits per heavy atom. The largest absolute Gasteiger partial charge is 0.266 e. The van der Waals surface area contributed by atoms with Crippen molar-refractivity contribution >= 4 is 15.7 Å². The molecule has 0 aromatic heterocycles. The first kappa shape index (κ1) is 16.1. The van der Waals surface area contributed by atoms with Gasteiger partial charge in [-0.2, -0.15) is 0 Å². The second-order valence-electron chi connectivity index (χ2n) is 7.23. The quantitative estimate of drug-likeness (QED) is 0.834. The molecule has 0 fully saturated rings. The molecule has 122 valence electrons. The van der Waals surface area contributed by atoms with E-state index in [4.69, 9.17) is 0 Å². The zero-order valence-corrected chi connectivity index (χ0v) is 14.9. The Labute approximate surface area is 139 Å². The van der Waals surface area contributed by atoms with E-state index in [0.29, 0.717) is 11.4 Å². The molecule has 0 unspecified atom stereocenters. The number of aryl methyl sites for hydroxylation is 1. The highest BCUT2D eigenvalue weighted by atomic mass is 32.2. The van der Waals surface area contributed by atoms with Crippen LogP contribution in [0.2, 0.25) is 0 Å². The summed E-state index contributed by atoms with van der Waals surface area (Å²) in [4.78, 5) is 0.357. The zero-order valence-electron chi connectivity index (χ0n) is 14.1. The van der Waals surface area contributed by atoms with Crippen LogP contribution in [0.15, 0.2) is 47.4 Å². The number of anilines is 1. The van der Waals surface area contributed by atoms with Gasteiger partial charge in [0.2, 0.25) is 0 Å². The van der Waals surface area contributed by atoms with Crippen molar-refractivity contribution < 1.29 is 8.42 Å². The van der Waals surface area contributed by atoms with Gasteiger partial charge in [0.25, 0.3) is 10.0 Å². The number of benzene rings is 2. The monoisotopic (exact) mass is 329 g/mol. The Bertz CT molecular complexity index is 831. The van der Waals surface area contributed by atoms with Gasteiger partial charge in [0.15, 0.2) is 0 Å². The summed E-state index contributed by atoms with van der Waals surface area (Å²) in [6, 6.07) is 13.2. The summed E-state index contributed by atoms with van der Waals surface area (Å²) in [6.45, 7) is 8.98. The van der Waals surface area contributed by atoms with Gasteiger partial charge in [-0.1, -0.05) is 50.6 Å². The molecule has 0 amide bonds. The van der Waals surface area contributed by atoms with Crippen molar-refractivity contribution in [2.45, 2.75) is 44.4 Å². The van der Waals surface area contributed by atoms with Crippen LogP contribution in [0.1, 0.15) is 37.5 Å². The van der Waals surface area contributed by atoms with Gasteiger partial charge < -0.3 is 0 Å². The molecule has 23 heavy (non-hydrogen) atoms. The maximum atomic E-state index is 12.9. The summed E-state index contributed by atoms with van der Waals surface area (Å²) in [5.41, 5.74) is 4.30. The van der Waals surface area contributed by atoms with Crippen LogP contribution in [-0.4, -0.2) is 15.0 Å². The van der Waals surface area contributed by atoms with Gasteiger partial charge in [-0.05, 0) is 48.1 Å². The molecule has 0 atom stereocenters. The van der Waals surface area contributed by atoms with E-state index in [1.807, 2.05) is 31.2 Å². The summed E-state index contributed by atoms with van der Waals surface area (Å²) in [5, 5.41) is 0. The van der Waals surface area contributed by atoms with Gasteiger partial charge >= 0.3 is 0 Å². The van der Waals surface area contributed by atoms with E-state index in [9.17, 15) is 8.42 Å². The summed E-state index contributed by atoms with van der Waals surface area (Å²) in [7, 11) is -3.48. The highest BCUT2D eigenvalue weighted by molar-refractivity contribution is 7.92. The van der Waals surface area contributed by atoms with Crippen LogP contribution in [0.4, 0.5) is 5.69 Å². The number of hydrogen-bond acceptors (Lipinski definition) is 2. The molecule has 1 heterocycles. The maximum absolute atomic E-state index is 12.9. The average molecular weight is 329 g/mol. The minimum Gasteiger partial charge on any atom is -0.266 e. The molecule has 4 heteroatoms. The smallest absolute Gasteiger partial charge is 0.264 e. The Hall–Kier alpha value is -1.81. The molecule has 2 aromatic carbocycles. The number of rotatable bonds is 2. The molecule has 0 aliphatic carbocycles. The lowest BCUT2D eigenvalue weighted by Gasteiger charge is -2.22. The molecule has 0 N–H and O–H groups in total. The Kier molecular flexibility index (Phi) is 3.75. The van der Waals surface area contributed by atoms with Crippen LogP contribution in [-0.2, 0) is 21.9 Å².